The molecule has 1 aromatic carbocycles. The van der Waals surface area contributed by atoms with Crippen molar-refractivity contribution in [1.82, 2.24) is 9.78 Å². The Bertz CT molecular complexity index is 693. The van der Waals surface area contributed by atoms with Gasteiger partial charge in [0, 0.05) is 36.1 Å². The van der Waals surface area contributed by atoms with Crippen LogP contribution in [0.15, 0.2) is 24.4 Å². The maximum atomic E-state index is 12.9. The fraction of sp³-hybridized carbons (Fsp3) is 0.375. The zero-order chi connectivity index (χ0) is 15.0. The van der Waals surface area contributed by atoms with Crippen molar-refractivity contribution >= 4 is 23.2 Å². The second-order valence-electron chi connectivity index (χ2n) is 5.49. The van der Waals surface area contributed by atoms with Crippen LogP contribution in [-0.2, 0) is 13.5 Å². The van der Waals surface area contributed by atoms with Gasteiger partial charge < -0.3 is 4.90 Å². The highest BCUT2D eigenvalue weighted by Gasteiger charge is 2.26. The van der Waals surface area contributed by atoms with Crippen LogP contribution in [0, 0.1) is 6.92 Å². The standard InChI is InChI=1S/C16H18ClN3O/c1-11-10-19(2)18-15(11)16(21)20-9-4-3-6-12-13(17)7-5-8-14(12)20/h5,7-8,10H,3-4,6,9H2,1-2H3. The van der Waals surface area contributed by atoms with Gasteiger partial charge in [0.15, 0.2) is 5.69 Å². The summed E-state index contributed by atoms with van der Waals surface area (Å²) in [6, 6.07) is 5.77. The van der Waals surface area contributed by atoms with Gasteiger partial charge in [-0.15, -0.1) is 0 Å². The van der Waals surface area contributed by atoms with Crippen molar-refractivity contribution in [1.29, 1.82) is 0 Å². The second-order valence-corrected chi connectivity index (χ2v) is 5.89. The summed E-state index contributed by atoms with van der Waals surface area (Å²) in [5, 5.41) is 5.04. The van der Waals surface area contributed by atoms with E-state index in [4.69, 9.17) is 11.6 Å². The SMILES string of the molecule is Cc1cn(C)nc1C(=O)N1CCCCc2c(Cl)cccc21. The van der Waals surface area contributed by atoms with Crippen molar-refractivity contribution in [2.45, 2.75) is 26.2 Å². The minimum absolute atomic E-state index is 0.0430. The number of aromatic nitrogens is 2. The number of nitrogens with zero attached hydrogens (tertiary/aromatic N) is 3. The van der Waals surface area contributed by atoms with Crippen LogP contribution >= 0.6 is 11.6 Å². The third kappa shape index (κ3) is 2.56. The molecule has 0 N–H and O–H groups in total. The number of carbonyl (C=O) groups excluding carboxylic acids is 1. The van der Waals surface area contributed by atoms with Crippen molar-refractivity contribution in [2.75, 3.05) is 11.4 Å². The first-order valence-corrected chi connectivity index (χ1v) is 7.55. The Labute approximate surface area is 129 Å². The van der Waals surface area contributed by atoms with E-state index in [9.17, 15) is 4.79 Å². The van der Waals surface area contributed by atoms with Crippen LogP contribution in [0.2, 0.25) is 5.02 Å². The maximum Gasteiger partial charge on any atom is 0.279 e. The van der Waals surface area contributed by atoms with Gasteiger partial charge in [0.25, 0.3) is 5.91 Å². The first-order chi connectivity index (χ1) is 10.1. The van der Waals surface area contributed by atoms with E-state index in [1.165, 1.54) is 0 Å². The van der Waals surface area contributed by atoms with Crippen molar-refractivity contribution in [3.05, 3.63) is 46.2 Å². The van der Waals surface area contributed by atoms with E-state index in [1.54, 1.807) is 4.68 Å². The van der Waals surface area contributed by atoms with Crippen LogP contribution < -0.4 is 4.90 Å². The maximum absolute atomic E-state index is 12.9. The molecule has 1 amide bonds. The molecule has 0 radical (unpaired) electrons. The summed E-state index contributed by atoms with van der Waals surface area (Å²) in [5.41, 5.74) is 3.41. The van der Waals surface area contributed by atoms with E-state index < -0.39 is 0 Å². The van der Waals surface area contributed by atoms with Gasteiger partial charge in [-0.25, -0.2) is 0 Å². The van der Waals surface area contributed by atoms with Crippen LogP contribution in [0.25, 0.3) is 0 Å². The number of aryl methyl sites for hydroxylation is 2. The molecule has 5 heteroatoms. The lowest BCUT2D eigenvalue weighted by Gasteiger charge is -2.22. The highest BCUT2D eigenvalue weighted by atomic mass is 35.5. The van der Waals surface area contributed by atoms with E-state index >= 15 is 0 Å². The molecule has 2 heterocycles. The monoisotopic (exact) mass is 303 g/mol. The number of benzene rings is 1. The Hall–Kier alpha value is -1.81. The molecule has 1 aliphatic rings. The second kappa shape index (κ2) is 5.53. The number of fused-ring (bicyclic) bond motifs is 1. The van der Waals surface area contributed by atoms with Crippen molar-refractivity contribution in [2.24, 2.45) is 7.05 Å². The first kappa shape index (κ1) is 14.1. The van der Waals surface area contributed by atoms with E-state index in [2.05, 4.69) is 5.10 Å². The molecular weight excluding hydrogens is 286 g/mol. The summed E-state index contributed by atoms with van der Waals surface area (Å²) in [5.74, 6) is -0.0430. The van der Waals surface area contributed by atoms with Gasteiger partial charge in [-0.2, -0.15) is 5.10 Å². The van der Waals surface area contributed by atoms with Gasteiger partial charge in [0.05, 0.1) is 0 Å². The number of anilines is 1. The Kier molecular flexibility index (Phi) is 3.72. The fourth-order valence-electron chi connectivity index (χ4n) is 2.90. The molecule has 1 aliphatic heterocycles. The summed E-state index contributed by atoms with van der Waals surface area (Å²) in [6.07, 6.45) is 4.80. The highest BCUT2D eigenvalue weighted by Crippen LogP contribution is 2.32. The average molecular weight is 304 g/mol. The van der Waals surface area contributed by atoms with Gasteiger partial charge in [0.1, 0.15) is 0 Å². The van der Waals surface area contributed by atoms with E-state index in [0.717, 1.165) is 41.1 Å². The number of hydrogen-bond donors (Lipinski definition) is 0. The highest BCUT2D eigenvalue weighted by molar-refractivity contribution is 6.32. The molecule has 0 spiro atoms. The largest absolute Gasteiger partial charge is 0.307 e. The molecule has 4 nitrogen and oxygen atoms in total. The molecule has 21 heavy (non-hydrogen) atoms. The molecule has 0 saturated heterocycles. The van der Waals surface area contributed by atoms with Crippen LogP contribution in [0.4, 0.5) is 5.69 Å². The van der Waals surface area contributed by atoms with Crippen molar-refractivity contribution in [3.8, 4) is 0 Å². The van der Waals surface area contributed by atoms with Gasteiger partial charge in [-0.05, 0) is 43.9 Å². The molecule has 0 saturated carbocycles. The van der Waals surface area contributed by atoms with Crippen LogP contribution in [0.3, 0.4) is 0 Å². The smallest absolute Gasteiger partial charge is 0.279 e. The van der Waals surface area contributed by atoms with Gasteiger partial charge in [0.2, 0.25) is 0 Å². The zero-order valence-corrected chi connectivity index (χ0v) is 13.0. The molecule has 110 valence electrons. The minimum atomic E-state index is -0.0430. The number of halogens is 1. The number of hydrogen-bond acceptors (Lipinski definition) is 2. The number of carbonyl (C=O) groups is 1. The molecule has 3 rings (SSSR count). The summed E-state index contributed by atoms with van der Waals surface area (Å²) < 4.78 is 1.68. The first-order valence-electron chi connectivity index (χ1n) is 7.17. The Morgan fingerprint density at radius 3 is 2.86 bits per heavy atom. The van der Waals surface area contributed by atoms with Crippen LogP contribution in [0.5, 0.6) is 0 Å². The Morgan fingerprint density at radius 2 is 2.14 bits per heavy atom. The fourth-order valence-corrected chi connectivity index (χ4v) is 3.16. The van der Waals surface area contributed by atoms with Crippen LogP contribution in [-0.4, -0.2) is 22.2 Å². The lowest BCUT2D eigenvalue weighted by Crippen LogP contribution is -2.32. The van der Waals surface area contributed by atoms with Gasteiger partial charge in [-0.1, -0.05) is 17.7 Å². The quantitative estimate of drug-likeness (QED) is 0.810. The summed E-state index contributed by atoms with van der Waals surface area (Å²) in [7, 11) is 1.83. The van der Waals surface area contributed by atoms with Gasteiger partial charge in [-0.3, -0.25) is 9.48 Å². The zero-order valence-electron chi connectivity index (χ0n) is 12.3. The summed E-state index contributed by atoms with van der Waals surface area (Å²) in [6.45, 7) is 2.62. The van der Waals surface area contributed by atoms with Crippen LogP contribution in [0.1, 0.15) is 34.5 Å². The molecular formula is C16H18ClN3O. The topological polar surface area (TPSA) is 38.1 Å². The Balaban J connectivity index is 2.05. The third-order valence-corrected chi connectivity index (χ3v) is 4.26. The molecule has 1 aromatic heterocycles. The lowest BCUT2D eigenvalue weighted by molar-refractivity contribution is 0.0981. The number of amides is 1. The lowest BCUT2D eigenvalue weighted by atomic mass is 10.1. The molecule has 2 aromatic rings. The minimum Gasteiger partial charge on any atom is -0.307 e. The average Bonchev–Trinajstić information content (AvgIpc) is 2.67. The molecule has 0 atom stereocenters. The van der Waals surface area contributed by atoms with Crippen molar-refractivity contribution < 1.29 is 4.79 Å². The predicted molar refractivity (Wildman–Crippen MR) is 84.0 cm³/mol. The van der Waals surface area contributed by atoms with E-state index in [0.29, 0.717) is 12.2 Å². The van der Waals surface area contributed by atoms with Crippen molar-refractivity contribution in [3.63, 3.8) is 0 Å². The molecule has 0 aliphatic carbocycles. The Morgan fingerprint density at radius 1 is 1.33 bits per heavy atom. The summed E-state index contributed by atoms with van der Waals surface area (Å²) >= 11 is 6.31. The molecule has 0 bridgehead atoms. The molecule has 0 unspecified atom stereocenters. The number of rotatable bonds is 1. The summed E-state index contributed by atoms with van der Waals surface area (Å²) in [4.78, 5) is 14.7. The molecule has 0 fully saturated rings. The van der Waals surface area contributed by atoms with E-state index in [-0.39, 0.29) is 5.91 Å². The third-order valence-electron chi connectivity index (χ3n) is 3.90. The van der Waals surface area contributed by atoms with Gasteiger partial charge >= 0.3 is 0 Å². The predicted octanol–water partition coefficient (Wildman–Crippen LogP) is 3.37. The van der Waals surface area contributed by atoms with E-state index in [1.807, 2.05) is 43.3 Å². The normalized spacial score (nSPS) is 14.7.